The van der Waals surface area contributed by atoms with Crippen molar-refractivity contribution >= 4 is 17.6 Å². The maximum absolute atomic E-state index is 12.1. The third kappa shape index (κ3) is 5.85. The molecule has 1 heterocycles. The van der Waals surface area contributed by atoms with E-state index in [1.807, 2.05) is 43.0 Å². The number of carbonyl (C=O) groups excluding carboxylic acids is 2. The maximum atomic E-state index is 12.1. The van der Waals surface area contributed by atoms with Gasteiger partial charge in [-0.2, -0.15) is 0 Å². The number of amides is 3. The van der Waals surface area contributed by atoms with Crippen molar-refractivity contribution in [1.82, 2.24) is 10.2 Å². The fourth-order valence-corrected chi connectivity index (χ4v) is 2.91. The Labute approximate surface area is 143 Å². The van der Waals surface area contributed by atoms with Gasteiger partial charge in [0, 0.05) is 37.8 Å². The van der Waals surface area contributed by atoms with E-state index < -0.39 is 0 Å². The molecule has 2 unspecified atom stereocenters. The average Bonchev–Trinajstić information content (AvgIpc) is 2.55. The molecule has 0 radical (unpaired) electrons. The molecule has 1 saturated heterocycles. The third-order valence-electron chi connectivity index (χ3n) is 4.23. The first-order chi connectivity index (χ1) is 11.4. The first-order valence-electron chi connectivity index (χ1n) is 8.59. The highest BCUT2D eigenvalue weighted by atomic mass is 16.2. The van der Waals surface area contributed by atoms with Crippen molar-refractivity contribution in [2.45, 2.75) is 39.2 Å². The Bertz CT molecular complexity index is 557. The van der Waals surface area contributed by atoms with Crippen molar-refractivity contribution in [2.75, 3.05) is 25.0 Å². The lowest BCUT2D eigenvalue weighted by molar-refractivity contribution is -0.133. The Morgan fingerprint density at radius 2 is 2.04 bits per heavy atom. The van der Waals surface area contributed by atoms with E-state index in [0.29, 0.717) is 25.4 Å². The maximum Gasteiger partial charge on any atom is 0.319 e. The number of hydrogen-bond donors (Lipinski definition) is 3. The summed E-state index contributed by atoms with van der Waals surface area (Å²) in [4.78, 5) is 26.0. The monoisotopic (exact) mass is 332 g/mol. The Morgan fingerprint density at radius 3 is 2.71 bits per heavy atom. The Kier molecular flexibility index (Phi) is 6.61. The lowest BCUT2D eigenvalue weighted by atomic mass is 9.97. The molecule has 1 fully saturated rings. The molecule has 0 aromatic heterocycles. The van der Waals surface area contributed by atoms with E-state index in [4.69, 9.17) is 5.73 Å². The number of benzene rings is 1. The van der Waals surface area contributed by atoms with Gasteiger partial charge in [0.1, 0.15) is 0 Å². The molecule has 2 atom stereocenters. The van der Waals surface area contributed by atoms with E-state index in [-0.39, 0.29) is 18.0 Å². The van der Waals surface area contributed by atoms with E-state index in [0.717, 1.165) is 30.6 Å². The summed E-state index contributed by atoms with van der Waals surface area (Å²) in [6, 6.07) is 7.35. The van der Waals surface area contributed by atoms with E-state index in [1.54, 1.807) is 0 Å². The van der Waals surface area contributed by atoms with Gasteiger partial charge in [-0.25, -0.2) is 4.79 Å². The summed E-state index contributed by atoms with van der Waals surface area (Å²) in [7, 11) is 0. The number of nitrogens with zero attached hydrogens (tertiary/aromatic N) is 1. The van der Waals surface area contributed by atoms with Gasteiger partial charge in [0.2, 0.25) is 5.91 Å². The molecule has 1 aromatic carbocycles. The van der Waals surface area contributed by atoms with Gasteiger partial charge in [0.25, 0.3) is 0 Å². The molecular weight excluding hydrogens is 304 g/mol. The number of likely N-dealkylation sites (tertiary alicyclic amines) is 1. The van der Waals surface area contributed by atoms with Crippen molar-refractivity contribution in [3.05, 3.63) is 29.8 Å². The van der Waals surface area contributed by atoms with Gasteiger partial charge in [-0.15, -0.1) is 0 Å². The number of anilines is 1. The number of nitrogens with one attached hydrogen (secondary N) is 2. The summed E-state index contributed by atoms with van der Waals surface area (Å²) in [5, 5.41) is 5.72. The highest BCUT2D eigenvalue weighted by molar-refractivity contribution is 5.89. The molecule has 0 bridgehead atoms. The number of aryl methyl sites for hydroxylation is 1. The first-order valence-corrected chi connectivity index (χ1v) is 8.59. The van der Waals surface area contributed by atoms with E-state index in [9.17, 15) is 9.59 Å². The van der Waals surface area contributed by atoms with Gasteiger partial charge in [-0.3, -0.25) is 4.79 Å². The Balaban J connectivity index is 1.75. The largest absolute Gasteiger partial charge is 0.342 e. The van der Waals surface area contributed by atoms with Crippen molar-refractivity contribution in [1.29, 1.82) is 0 Å². The Morgan fingerprint density at radius 1 is 1.33 bits per heavy atom. The smallest absolute Gasteiger partial charge is 0.319 e. The van der Waals surface area contributed by atoms with E-state index >= 15 is 0 Å². The molecule has 6 heteroatoms. The Hall–Kier alpha value is -2.08. The van der Waals surface area contributed by atoms with Crippen molar-refractivity contribution in [3.63, 3.8) is 0 Å². The minimum atomic E-state index is -0.210. The molecule has 132 valence electrons. The molecule has 1 aliphatic heterocycles. The van der Waals surface area contributed by atoms with Gasteiger partial charge in [0.05, 0.1) is 0 Å². The van der Waals surface area contributed by atoms with Crippen molar-refractivity contribution in [2.24, 2.45) is 11.7 Å². The summed E-state index contributed by atoms with van der Waals surface area (Å²) < 4.78 is 0. The zero-order valence-electron chi connectivity index (χ0n) is 14.5. The van der Waals surface area contributed by atoms with Gasteiger partial charge in [-0.05, 0) is 44.7 Å². The predicted octanol–water partition coefficient (Wildman–Crippen LogP) is 2.09. The normalized spacial score (nSPS) is 18.8. The van der Waals surface area contributed by atoms with Crippen molar-refractivity contribution < 1.29 is 9.59 Å². The molecule has 0 saturated carbocycles. The highest BCUT2D eigenvalue weighted by Gasteiger charge is 2.24. The number of hydrogen-bond acceptors (Lipinski definition) is 3. The van der Waals surface area contributed by atoms with Gasteiger partial charge >= 0.3 is 6.03 Å². The molecule has 0 aliphatic carbocycles. The minimum absolute atomic E-state index is 0.110. The number of piperidine rings is 1. The molecule has 3 amide bonds. The summed E-state index contributed by atoms with van der Waals surface area (Å²) in [6.45, 7) is 5.90. The molecule has 6 nitrogen and oxygen atoms in total. The van der Waals surface area contributed by atoms with Crippen LogP contribution in [0.25, 0.3) is 0 Å². The second kappa shape index (κ2) is 8.68. The van der Waals surface area contributed by atoms with Gasteiger partial charge in [-0.1, -0.05) is 17.7 Å². The SMILES string of the molecule is Cc1ccc(NC(=O)NCC2CCCN(C(=O)CC(C)N)C2)cc1. The second-order valence-corrected chi connectivity index (χ2v) is 6.73. The van der Waals surface area contributed by atoms with Crippen LogP contribution in [0.5, 0.6) is 0 Å². The zero-order valence-corrected chi connectivity index (χ0v) is 14.5. The number of urea groups is 1. The highest BCUT2D eigenvalue weighted by Crippen LogP contribution is 2.17. The molecule has 4 N–H and O–H groups in total. The summed E-state index contributed by atoms with van der Waals surface area (Å²) in [5.74, 6) is 0.401. The molecule has 1 aliphatic rings. The summed E-state index contributed by atoms with van der Waals surface area (Å²) in [5.41, 5.74) is 7.63. The van der Waals surface area contributed by atoms with Crippen LogP contribution in [-0.4, -0.2) is 42.5 Å². The zero-order chi connectivity index (χ0) is 17.5. The van der Waals surface area contributed by atoms with Gasteiger partial charge < -0.3 is 21.3 Å². The molecule has 0 spiro atoms. The van der Waals surface area contributed by atoms with Crippen molar-refractivity contribution in [3.8, 4) is 0 Å². The molecular formula is C18H28N4O2. The van der Waals surface area contributed by atoms with Crippen LogP contribution < -0.4 is 16.4 Å². The van der Waals surface area contributed by atoms with Crippen LogP contribution in [0.15, 0.2) is 24.3 Å². The van der Waals surface area contributed by atoms with Crippen LogP contribution in [0.1, 0.15) is 31.7 Å². The third-order valence-corrected chi connectivity index (χ3v) is 4.23. The van der Waals surface area contributed by atoms with Crippen LogP contribution >= 0.6 is 0 Å². The minimum Gasteiger partial charge on any atom is -0.342 e. The fraction of sp³-hybridized carbons (Fsp3) is 0.556. The van der Waals surface area contributed by atoms with Crippen LogP contribution in [-0.2, 0) is 4.79 Å². The van der Waals surface area contributed by atoms with Crippen LogP contribution in [0.3, 0.4) is 0 Å². The quantitative estimate of drug-likeness (QED) is 0.771. The average molecular weight is 332 g/mol. The van der Waals surface area contributed by atoms with Gasteiger partial charge in [0.15, 0.2) is 0 Å². The number of rotatable bonds is 5. The molecule has 24 heavy (non-hydrogen) atoms. The fourth-order valence-electron chi connectivity index (χ4n) is 2.91. The first kappa shape index (κ1) is 18.3. The number of nitrogens with two attached hydrogens (primary N) is 1. The van der Waals surface area contributed by atoms with Crippen LogP contribution in [0.4, 0.5) is 10.5 Å². The van der Waals surface area contributed by atoms with E-state index in [1.165, 1.54) is 0 Å². The predicted molar refractivity (Wildman–Crippen MR) is 95.8 cm³/mol. The molecule has 2 rings (SSSR count). The second-order valence-electron chi connectivity index (χ2n) is 6.73. The number of carbonyl (C=O) groups is 2. The summed E-state index contributed by atoms with van der Waals surface area (Å²) in [6.07, 6.45) is 2.37. The standard InChI is InChI=1S/C18H28N4O2/c1-13-5-7-16(8-6-13)21-18(24)20-11-15-4-3-9-22(12-15)17(23)10-14(2)19/h5-8,14-15H,3-4,9-12,19H2,1-2H3,(H2,20,21,24). The van der Waals surface area contributed by atoms with Crippen LogP contribution in [0.2, 0.25) is 0 Å². The lowest BCUT2D eigenvalue weighted by Gasteiger charge is -2.33. The topological polar surface area (TPSA) is 87.5 Å². The van der Waals surface area contributed by atoms with Crippen LogP contribution in [0, 0.1) is 12.8 Å². The molecule has 1 aromatic rings. The summed E-state index contributed by atoms with van der Waals surface area (Å²) >= 11 is 0. The van der Waals surface area contributed by atoms with E-state index in [2.05, 4.69) is 10.6 Å². The lowest BCUT2D eigenvalue weighted by Crippen LogP contribution is -2.45.